The highest BCUT2D eigenvalue weighted by Gasteiger charge is 2.52. The SMILES string of the molecule is O=C(COc1ccccc1)NC1C(=O)N2C(C(=O)OCc3ccc([N+](=O)[O-])cc3)=CCCC12. The maximum absolute atomic E-state index is 12.7. The van der Waals surface area contributed by atoms with Gasteiger partial charge in [0.25, 0.3) is 17.5 Å². The molecule has 2 aromatic carbocycles. The summed E-state index contributed by atoms with van der Waals surface area (Å²) in [6, 6.07) is 13.5. The number of para-hydroxylation sites is 1. The number of hydrogen-bond donors (Lipinski definition) is 1. The van der Waals surface area contributed by atoms with Gasteiger partial charge in [-0.25, -0.2) is 4.79 Å². The van der Waals surface area contributed by atoms with Crippen molar-refractivity contribution in [1.29, 1.82) is 0 Å². The predicted octanol–water partition coefficient (Wildman–Crippen LogP) is 2.09. The molecule has 0 saturated carbocycles. The van der Waals surface area contributed by atoms with Crippen LogP contribution in [0.25, 0.3) is 0 Å². The fourth-order valence-electron chi connectivity index (χ4n) is 3.78. The molecule has 0 bridgehead atoms. The Morgan fingerprint density at radius 1 is 1.12 bits per heavy atom. The monoisotopic (exact) mass is 451 g/mol. The van der Waals surface area contributed by atoms with Crippen molar-refractivity contribution in [2.75, 3.05) is 6.61 Å². The maximum atomic E-state index is 12.7. The summed E-state index contributed by atoms with van der Waals surface area (Å²) in [6.45, 7) is -0.307. The van der Waals surface area contributed by atoms with E-state index >= 15 is 0 Å². The van der Waals surface area contributed by atoms with E-state index in [2.05, 4.69) is 5.32 Å². The van der Waals surface area contributed by atoms with Gasteiger partial charge in [0.2, 0.25) is 0 Å². The van der Waals surface area contributed by atoms with Gasteiger partial charge in [-0.1, -0.05) is 24.3 Å². The highest BCUT2D eigenvalue weighted by molar-refractivity contribution is 6.01. The van der Waals surface area contributed by atoms with Gasteiger partial charge in [-0.2, -0.15) is 0 Å². The third-order valence-corrected chi connectivity index (χ3v) is 5.44. The van der Waals surface area contributed by atoms with Crippen LogP contribution in [0.2, 0.25) is 0 Å². The number of benzene rings is 2. The van der Waals surface area contributed by atoms with E-state index in [1.54, 1.807) is 30.3 Å². The van der Waals surface area contributed by atoms with Gasteiger partial charge in [0.15, 0.2) is 6.61 Å². The minimum Gasteiger partial charge on any atom is -0.484 e. The van der Waals surface area contributed by atoms with Crippen LogP contribution in [0.1, 0.15) is 18.4 Å². The smallest absolute Gasteiger partial charge is 0.355 e. The van der Waals surface area contributed by atoms with E-state index in [-0.39, 0.29) is 36.5 Å². The van der Waals surface area contributed by atoms with Crippen LogP contribution < -0.4 is 10.1 Å². The first kappa shape index (κ1) is 22.0. The zero-order chi connectivity index (χ0) is 23.4. The van der Waals surface area contributed by atoms with Crippen LogP contribution in [0.15, 0.2) is 66.4 Å². The first-order valence-corrected chi connectivity index (χ1v) is 10.3. The van der Waals surface area contributed by atoms with Crippen molar-refractivity contribution in [3.63, 3.8) is 0 Å². The second-order valence-electron chi connectivity index (χ2n) is 7.59. The van der Waals surface area contributed by atoms with Crippen LogP contribution >= 0.6 is 0 Å². The Morgan fingerprint density at radius 2 is 1.85 bits per heavy atom. The van der Waals surface area contributed by atoms with Gasteiger partial charge in [0.1, 0.15) is 24.1 Å². The minimum absolute atomic E-state index is 0.0589. The summed E-state index contributed by atoms with van der Waals surface area (Å²) < 4.78 is 10.7. The van der Waals surface area contributed by atoms with Gasteiger partial charge in [-0.15, -0.1) is 0 Å². The number of esters is 1. The van der Waals surface area contributed by atoms with E-state index in [0.29, 0.717) is 24.2 Å². The van der Waals surface area contributed by atoms with E-state index in [4.69, 9.17) is 9.47 Å². The Hall–Kier alpha value is -4.21. The van der Waals surface area contributed by atoms with Crippen LogP contribution in [0, 0.1) is 10.1 Å². The van der Waals surface area contributed by atoms with E-state index in [1.807, 2.05) is 6.07 Å². The highest BCUT2D eigenvalue weighted by atomic mass is 16.6. The Morgan fingerprint density at radius 3 is 2.55 bits per heavy atom. The van der Waals surface area contributed by atoms with Gasteiger partial charge in [-0.3, -0.25) is 24.6 Å². The number of nitro benzene ring substituents is 1. The predicted molar refractivity (Wildman–Crippen MR) is 115 cm³/mol. The lowest BCUT2D eigenvalue weighted by Crippen LogP contribution is -2.71. The molecule has 2 atom stereocenters. The van der Waals surface area contributed by atoms with Crippen molar-refractivity contribution >= 4 is 23.5 Å². The summed E-state index contributed by atoms with van der Waals surface area (Å²) in [5.74, 6) is -0.920. The zero-order valence-electron chi connectivity index (χ0n) is 17.5. The molecule has 2 aliphatic rings. The number of β-lactam (4-membered cyclic amide) rings is 1. The zero-order valence-corrected chi connectivity index (χ0v) is 17.5. The Bertz CT molecular complexity index is 1100. The molecule has 1 saturated heterocycles. The average Bonchev–Trinajstić information content (AvgIpc) is 2.84. The summed E-state index contributed by atoms with van der Waals surface area (Å²) in [4.78, 5) is 49.0. The molecule has 33 heavy (non-hydrogen) atoms. The van der Waals surface area contributed by atoms with Crippen LogP contribution in [-0.2, 0) is 25.7 Å². The van der Waals surface area contributed by atoms with E-state index in [9.17, 15) is 24.5 Å². The van der Waals surface area contributed by atoms with Gasteiger partial charge in [-0.05, 0) is 42.7 Å². The Labute approximate surface area is 188 Å². The second kappa shape index (κ2) is 9.51. The van der Waals surface area contributed by atoms with Crippen molar-refractivity contribution in [3.8, 4) is 5.75 Å². The number of fused-ring (bicyclic) bond motifs is 1. The first-order valence-electron chi connectivity index (χ1n) is 10.3. The van der Waals surface area contributed by atoms with Crippen molar-refractivity contribution < 1.29 is 28.8 Å². The number of nitrogens with zero attached hydrogens (tertiary/aromatic N) is 2. The molecule has 0 radical (unpaired) electrons. The number of hydrogen-bond acceptors (Lipinski definition) is 7. The lowest BCUT2D eigenvalue weighted by atomic mass is 9.86. The molecule has 4 rings (SSSR count). The fraction of sp³-hybridized carbons (Fsp3) is 0.261. The summed E-state index contributed by atoms with van der Waals surface area (Å²) in [6.07, 6.45) is 2.81. The van der Waals surface area contributed by atoms with E-state index < -0.39 is 22.8 Å². The minimum atomic E-state index is -0.719. The number of non-ortho nitro benzene ring substituents is 1. The fourth-order valence-corrected chi connectivity index (χ4v) is 3.78. The van der Waals surface area contributed by atoms with Crippen LogP contribution in [0.4, 0.5) is 5.69 Å². The molecule has 1 N–H and O–H groups in total. The molecule has 2 aromatic rings. The lowest BCUT2D eigenvalue weighted by Gasteiger charge is -2.49. The van der Waals surface area contributed by atoms with E-state index in [1.165, 1.54) is 29.2 Å². The van der Waals surface area contributed by atoms with Gasteiger partial charge < -0.3 is 14.8 Å². The Kier molecular flexibility index (Phi) is 6.34. The van der Waals surface area contributed by atoms with Crippen LogP contribution in [-0.4, -0.2) is 46.3 Å². The van der Waals surface area contributed by atoms with Crippen molar-refractivity contribution in [3.05, 3.63) is 82.0 Å². The molecule has 1 fully saturated rings. The number of allylic oxidation sites excluding steroid dienone is 1. The standard InChI is InChI=1S/C23H21N3O7/c27-20(14-32-17-5-2-1-3-6-17)24-21-18-7-4-8-19(25(18)22(21)28)23(29)33-13-15-9-11-16(12-10-15)26(30)31/h1-3,5-6,8-12,18,21H,4,7,13-14H2,(H,24,27). The van der Waals surface area contributed by atoms with Gasteiger partial charge in [0.05, 0.1) is 11.0 Å². The number of nitro groups is 1. The summed E-state index contributed by atoms with van der Waals surface area (Å²) in [5, 5.41) is 13.4. The summed E-state index contributed by atoms with van der Waals surface area (Å²) in [5.41, 5.74) is 0.668. The molecular weight excluding hydrogens is 430 g/mol. The van der Waals surface area contributed by atoms with Crippen LogP contribution in [0.5, 0.6) is 5.75 Å². The molecular formula is C23H21N3O7. The quantitative estimate of drug-likeness (QED) is 0.282. The first-order chi connectivity index (χ1) is 15.9. The molecule has 2 heterocycles. The molecule has 2 aliphatic heterocycles. The molecule has 0 aromatic heterocycles. The lowest BCUT2D eigenvalue weighted by molar-refractivity contribution is -0.384. The third-order valence-electron chi connectivity index (χ3n) is 5.44. The molecule has 10 nitrogen and oxygen atoms in total. The third kappa shape index (κ3) is 4.84. The molecule has 170 valence electrons. The Balaban J connectivity index is 1.29. The summed E-state index contributed by atoms with van der Waals surface area (Å²) in [7, 11) is 0. The molecule has 2 unspecified atom stereocenters. The van der Waals surface area contributed by atoms with Crippen molar-refractivity contribution in [2.24, 2.45) is 0 Å². The van der Waals surface area contributed by atoms with Crippen molar-refractivity contribution in [1.82, 2.24) is 10.2 Å². The number of ether oxygens (including phenoxy) is 2. The largest absolute Gasteiger partial charge is 0.484 e. The van der Waals surface area contributed by atoms with Crippen molar-refractivity contribution in [2.45, 2.75) is 31.5 Å². The highest BCUT2D eigenvalue weighted by Crippen LogP contribution is 2.33. The van der Waals surface area contributed by atoms with E-state index in [0.717, 1.165) is 0 Å². The number of rotatable bonds is 8. The average molecular weight is 451 g/mol. The molecule has 2 amide bonds. The normalized spacial score (nSPS) is 19.0. The number of amides is 2. The number of carbonyl (C=O) groups is 3. The molecule has 10 heteroatoms. The summed E-state index contributed by atoms with van der Waals surface area (Å²) >= 11 is 0. The van der Waals surface area contributed by atoms with Gasteiger partial charge in [0, 0.05) is 12.1 Å². The molecule has 0 aliphatic carbocycles. The van der Waals surface area contributed by atoms with Gasteiger partial charge >= 0.3 is 5.97 Å². The van der Waals surface area contributed by atoms with Crippen LogP contribution in [0.3, 0.4) is 0 Å². The second-order valence-corrected chi connectivity index (χ2v) is 7.59. The number of nitrogens with one attached hydrogen (secondary N) is 1. The maximum Gasteiger partial charge on any atom is 0.355 e. The molecule has 0 spiro atoms. The number of carbonyl (C=O) groups excluding carboxylic acids is 3. The topological polar surface area (TPSA) is 128 Å².